The Morgan fingerprint density at radius 1 is 1.47 bits per heavy atom. The van der Waals surface area contributed by atoms with Crippen molar-refractivity contribution in [1.29, 1.82) is 0 Å². The standard InChI is InChI=1S/C13H16O2SSe/c1-10(14)15-11-7-12(16-8-11)9-17-13-5-3-2-4-6-13/h2-6,11-12H,7-9H2,1H3/t11-,12?/m1/s1. The molecule has 92 valence electrons. The van der Waals surface area contributed by atoms with Crippen LogP contribution in [0.3, 0.4) is 0 Å². The molecule has 1 aromatic rings. The van der Waals surface area contributed by atoms with Gasteiger partial charge in [-0.2, -0.15) is 0 Å². The van der Waals surface area contributed by atoms with Gasteiger partial charge in [-0.3, -0.25) is 0 Å². The van der Waals surface area contributed by atoms with Crippen molar-refractivity contribution in [1.82, 2.24) is 0 Å². The van der Waals surface area contributed by atoms with E-state index in [2.05, 4.69) is 30.3 Å². The van der Waals surface area contributed by atoms with E-state index in [0.29, 0.717) is 20.2 Å². The molecule has 0 amide bonds. The van der Waals surface area contributed by atoms with Gasteiger partial charge in [0.15, 0.2) is 0 Å². The summed E-state index contributed by atoms with van der Waals surface area (Å²) in [6.07, 6.45) is 1.17. The van der Waals surface area contributed by atoms with Crippen molar-refractivity contribution in [2.24, 2.45) is 0 Å². The van der Waals surface area contributed by atoms with Crippen LogP contribution < -0.4 is 4.46 Å². The van der Waals surface area contributed by atoms with E-state index in [0.717, 1.165) is 12.2 Å². The SMILES string of the molecule is CC(=O)O[C@H]1CSC(C[Se]c2ccccc2)C1. The number of hydrogen-bond acceptors (Lipinski definition) is 3. The molecule has 1 fully saturated rings. The van der Waals surface area contributed by atoms with E-state index in [-0.39, 0.29) is 12.1 Å². The van der Waals surface area contributed by atoms with Gasteiger partial charge in [-0.15, -0.1) is 0 Å². The second-order valence-corrected chi connectivity index (χ2v) is 7.67. The van der Waals surface area contributed by atoms with Crippen LogP contribution in [-0.4, -0.2) is 38.0 Å². The molecule has 1 aliphatic rings. The van der Waals surface area contributed by atoms with Gasteiger partial charge in [-0.1, -0.05) is 0 Å². The summed E-state index contributed by atoms with van der Waals surface area (Å²) in [5.41, 5.74) is 0. The number of hydrogen-bond donors (Lipinski definition) is 0. The second kappa shape index (κ2) is 6.48. The van der Waals surface area contributed by atoms with Crippen LogP contribution >= 0.6 is 11.8 Å². The molecule has 1 aliphatic heterocycles. The summed E-state index contributed by atoms with van der Waals surface area (Å²) in [5.74, 6) is 0.819. The normalized spacial score (nSPS) is 23.6. The Morgan fingerprint density at radius 3 is 2.94 bits per heavy atom. The summed E-state index contributed by atoms with van der Waals surface area (Å²) in [7, 11) is 0. The zero-order valence-corrected chi connectivity index (χ0v) is 12.3. The monoisotopic (exact) mass is 316 g/mol. The van der Waals surface area contributed by atoms with E-state index in [1.54, 1.807) is 0 Å². The number of esters is 1. The molecule has 2 nitrogen and oxygen atoms in total. The van der Waals surface area contributed by atoms with Gasteiger partial charge in [-0.05, 0) is 0 Å². The van der Waals surface area contributed by atoms with E-state index in [1.807, 2.05) is 11.8 Å². The number of benzene rings is 1. The van der Waals surface area contributed by atoms with Crippen LogP contribution in [0.1, 0.15) is 13.3 Å². The Kier molecular flexibility index (Phi) is 4.96. The molecule has 1 unspecified atom stereocenters. The summed E-state index contributed by atoms with van der Waals surface area (Å²) < 4.78 is 6.70. The van der Waals surface area contributed by atoms with Gasteiger partial charge in [0.2, 0.25) is 0 Å². The minimum absolute atomic E-state index is 0.147. The fourth-order valence-corrected chi connectivity index (χ4v) is 5.72. The fourth-order valence-electron chi connectivity index (χ4n) is 1.81. The van der Waals surface area contributed by atoms with Crippen molar-refractivity contribution in [2.75, 3.05) is 5.75 Å². The second-order valence-electron chi connectivity index (χ2n) is 4.05. The van der Waals surface area contributed by atoms with Crippen molar-refractivity contribution in [2.45, 2.75) is 30.0 Å². The molecular formula is C13H16O2SSe. The van der Waals surface area contributed by atoms with E-state index in [1.165, 1.54) is 16.7 Å². The van der Waals surface area contributed by atoms with Crippen LogP contribution in [0.15, 0.2) is 30.3 Å². The summed E-state index contributed by atoms with van der Waals surface area (Å²) in [6, 6.07) is 10.6. The Balaban J connectivity index is 1.73. The fraction of sp³-hybridized carbons (Fsp3) is 0.462. The topological polar surface area (TPSA) is 26.3 Å². The first kappa shape index (κ1) is 13.0. The molecule has 2 atom stereocenters. The first-order valence-electron chi connectivity index (χ1n) is 5.70. The summed E-state index contributed by atoms with van der Waals surface area (Å²) in [6.45, 7) is 1.49. The zero-order valence-electron chi connectivity index (χ0n) is 9.80. The number of thioether (sulfide) groups is 1. The van der Waals surface area contributed by atoms with E-state index >= 15 is 0 Å². The quantitative estimate of drug-likeness (QED) is 0.627. The maximum atomic E-state index is 10.9. The van der Waals surface area contributed by atoms with Gasteiger partial charge in [-0.25, -0.2) is 0 Å². The molecule has 1 aromatic carbocycles. The van der Waals surface area contributed by atoms with E-state index in [4.69, 9.17) is 4.74 Å². The molecule has 2 rings (SSSR count). The Bertz CT molecular complexity index is 369. The molecule has 0 saturated carbocycles. The third-order valence-electron chi connectivity index (χ3n) is 2.56. The van der Waals surface area contributed by atoms with Crippen molar-refractivity contribution in [3.05, 3.63) is 30.3 Å². The van der Waals surface area contributed by atoms with Crippen LogP contribution in [0.5, 0.6) is 0 Å². The van der Waals surface area contributed by atoms with Crippen LogP contribution in [0.25, 0.3) is 0 Å². The first-order chi connectivity index (χ1) is 8.24. The summed E-state index contributed by atoms with van der Waals surface area (Å²) in [4.78, 5) is 10.9. The Hall–Kier alpha value is -0.441. The third-order valence-corrected chi connectivity index (χ3v) is 6.89. The van der Waals surface area contributed by atoms with Gasteiger partial charge in [0.05, 0.1) is 0 Å². The van der Waals surface area contributed by atoms with Crippen molar-refractivity contribution < 1.29 is 9.53 Å². The van der Waals surface area contributed by atoms with Crippen molar-refractivity contribution >= 4 is 37.1 Å². The van der Waals surface area contributed by atoms with Crippen molar-refractivity contribution in [3.8, 4) is 0 Å². The molecule has 1 saturated heterocycles. The number of carbonyl (C=O) groups is 1. The van der Waals surface area contributed by atoms with Gasteiger partial charge in [0, 0.05) is 0 Å². The average molecular weight is 315 g/mol. The molecule has 0 bridgehead atoms. The minimum atomic E-state index is -0.148. The summed E-state index contributed by atoms with van der Waals surface area (Å²) >= 11 is 2.50. The average Bonchev–Trinajstić information content (AvgIpc) is 2.75. The molecule has 0 aliphatic carbocycles. The maximum absolute atomic E-state index is 10.9. The van der Waals surface area contributed by atoms with E-state index < -0.39 is 0 Å². The van der Waals surface area contributed by atoms with Gasteiger partial charge in [0.25, 0.3) is 0 Å². The van der Waals surface area contributed by atoms with E-state index in [9.17, 15) is 4.79 Å². The molecular weight excluding hydrogens is 299 g/mol. The Labute approximate surface area is 113 Å². The predicted octanol–water partition coefficient (Wildman–Crippen LogP) is 1.87. The van der Waals surface area contributed by atoms with Gasteiger partial charge >= 0.3 is 113 Å². The molecule has 0 spiro atoms. The first-order valence-corrected chi connectivity index (χ1v) is 8.82. The molecule has 4 heteroatoms. The molecule has 0 aromatic heterocycles. The van der Waals surface area contributed by atoms with Crippen LogP contribution in [0.2, 0.25) is 5.32 Å². The zero-order chi connectivity index (χ0) is 12.1. The summed E-state index contributed by atoms with van der Waals surface area (Å²) in [5, 5.41) is 1.90. The van der Waals surface area contributed by atoms with Crippen LogP contribution in [0.4, 0.5) is 0 Å². The Morgan fingerprint density at radius 2 is 2.24 bits per heavy atom. The van der Waals surface area contributed by atoms with Crippen LogP contribution in [0, 0.1) is 0 Å². The third kappa shape index (κ3) is 4.38. The molecule has 1 heterocycles. The van der Waals surface area contributed by atoms with Crippen LogP contribution in [-0.2, 0) is 9.53 Å². The van der Waals surface area contributed by atoms with Gasteiger partial charge < -0.3 is 0 Å². The molecule has 17 heavy (non-hydrogen) atoms. The predicted molar refractivity (Wildman–Crippen MR) is 73.1 cm³/mol. The van der Waals surface area contributed by atoms with Gasteiger partial charge in [0.1, 0.15) is 0 Å². The molecule has 0 radical (unpaired) electrons. The van der Waals surface area contributed by atoms with Crippen molar-refractivity contribution in [3.63, 3.8) is 0 Å². The number of rotatable bonds is 4. The molecule has 0 N–H and O–H groups in total. The number of ether oxygens (including phenoxy) is 1. The number of carbonyl (C=O) groups excluding carboxylic acids is 1.